The lowest BCUT2D eigenvalue weighted by molar-refractivity contribution is -0.139. The van der Waals surface area contributed by atoms with Gasteiger partial charge in [-0.05, 0) is 33.3 Å². The summed E-state index contributed by atoms with van der Waals surface area (Å²) in [6.07, 6.45) is 0.334. The van der Waals surface area contributed by atoms with Gasteiger partial charge in [-0.1, -0.05) is 6.92 Å². The molecule has 1 rings (SSSR count). The minimum absolute atomic E-state index is 0.247. The number of rotatable bonds is 5. The van der Waals surface area contributed by atoms with Crippen LogP contribution in [0.25, 0.3) is 0 Å². The van der Waals surface area contributed by atoms with Gasteiger partial charge in [0.15, 0.2) is 0 Å². The van der Waals surface area contributed by atoms with Gasteiger partial charge in [0.25, 0.3) is 0 Å². The molecule has 0 aromatic carbocycles. The molecule has 1 aromatic rings. The SMILES string of the molecule is CC[C@H](NC(=O)NC(C)c1cc(C)oc1C)C(=O)O. The first-order chi connectivity index (χ1) is 8.85. The number of hydrogen-bond donors (Lipinski definition) is 3. The van der Waals surface area contributed by atoms with Crippen molar-refractivity contribution in [1.29, 1.82) is 0 Å². The third kappa shape index (κ3) is 4.01. The molecule has 0 spiro atoms. The van der Waals surface area contributed by atoms with Gasteiger partial charge < -0.3 is 20.2 Å². The number of carbonyl (C=O) groups excluding carboxylic acids is 1. The second kappa shape index (κ2) is 6.26. The summed E-state index contributed by atoms with van der Waals surface area (Å²) in [6.45, 7) is 7.18. The Morgan fingerprint density at radius 1 is 1.37 bits per heavy atom. The third-order valence-corrected chi connectivity index (χ3v) is 2.91. The van der Waals surface area contributed by atoms with E-state index in [0.717, 1.165) is 17.1 Å². The summed E-state index contributed by atoms with van der Waals surface area (Å²) >= 11 is 0. The van der Waals surface area contributed by atoms with E-state index in [1.807, 2.05) is 26.8 Å². The van der Waals surface area contributed by atoms with E-state index in [-0.39, 0.29) is 6.04 Å². The van der Waals surface area contributed by atoms with Crippen molar-refractivity contribution in [3.63, 3.8) is 0 Å². The molecule has 0 aliphatic rings. The predicted molar refractivity (Wildman–Crippen MR) is 70.0 cm³/mol. The predicted octanol–water partition coefficient (Wildman–Crippen LogP) is 2.12. The average molecular weight is 268 g/mol. The maximum atomic E-state index is 11.7. The summed E-state index contributed by atoms with van der Waals surface area (Å²) in [5.41, 5.74) is 0.885. The van der Waals surface area contributed by atoms with Crippen molar-refractivity contribution >= 4 is 12.0 Å². The molecule has 0 saturated heterocycles. The summed E-state index contributed by atoms with van der Waals surface area (Å²) in [4.78, 5) is 22.5. The van der Waals surface area contributed by atoms with E-state index in [4.69, 9.17) is 9.52 Å². The highest BCUT2D eigenvalue weighted by Gasteiger charge is 2.20. The van der Waals surface area contributed by atoms with Gasteiger partial charge in [-0.2, -0.15) is 0 Å². The van der Waals surface area contributed by atoms with Crippen LogP contribution in [0.1, 0.15) is 43.4 Å². The van der Waals surface area contributed by atoms with Gasteiger partial charge in [0, 0.05) is 5.56 Å². The smallest absolute Gasteiger partial charge is 0.326 e. The summed E-state index contributed by atoms with van der Waals surface area (Å²) in [7, 11) is 0. The molecular formula is C13H20N2O4. The lowest BCUT2D eigenvalue weighted by Crippen LogP contribution is -2.46. The second-order valence-corrected chi connectivity index (χ2v) is 4.51. The molecule has 106 valence electrons. The number of aryl methyl sites for hydroxylation is 2. The van der Waals surface area contributed by atoms with E-state index in [2.05, 4.69) is 10.6 Å². The second-order valence-electron chi connectivity index (χ2n) is 4.51. The summed E-state index contributed by atoms with van der Waals surface area (Å²) < 4.78 is 5.39. The highest BCUT2D eigenvalue weighted by molar-refractivity contribution is 5.82. The lowest BCUT2D eigenvalue weighted by atomic mass is 10.1. The minimum atomic E-state index is -1.04. The standard InChI is InChI=1S/C13H20N2O4/c1-5-11(12(16)17)15-13(18)14-8(3)10-6-7(2)19-9(10)4/h6,8,11H,5H2,1-4H3,(H,16,17)(H2,14,15,18)/t8?,11-/m0/s1. The van der Waals surface area contributed by atoms with Crippen LogP contribution >= 0.6 is 0 Å². The van der Waals surface area contributed by atoms with Crippen molar-refractivity contribution in [2.75, 3.05) is 0 Å². The molecule has 0 aliphatic carbocycles. The van der Waals surface area contributed by atoms with Crippen molar-refractivity contribution in [2.24, 2.45) is 0 Å². The fourth-order valence-corrected chi connectivity index (χ4v) is 1.89. The molecule has 0 bridgehead atoms. The third-order valence-electron chi connectivity index (χ3n) is 2.91. The van der Waals surface area contributed by atoms with E-state index >= 15 is 0 Å². The Bertz CT molecular complexity index is 467. The van der Waals surface area contributed by atoms with Crippen LogP contribution in [0.15, 0.2) is 10.5 Å². The van der Waals surface area contributed by atoms with Crippen molar-refractivity contribution in [3.8, 4) is 0 Å². The van der Waals surface area contributed by atoms with Crippen LogP contribution in [0, 0.1) is 13.8 Å². The van der Waals surface area contributed by atoms with Gasteiger partial charge in [-0.3, -0.25) is 0 Å². The number of nitrogens with one attached hydrogen (secondary N) is 2. The van der Waals surface area contributed by atoms with Gasteiger partial charge >= 0.3 is 12.0 Å². The van der Waals surface area contributed by atoms with Gasteiger partial charge in [0.1, 0.15) is 17.6 Å². The molecule has 1 heterocycles. The fourth-order valence-electron chi connectivity index (χ4n) is 1.89. The highest BCUT2D eigenvalue weighted by atomic mass is 16.4. The molecule has 6 heteroatoms. The number of carbonyl (C=O) groups is 2. The number of urea groups is 1. The quantitative estimate of drug-likeness (QED) is 0.762. The molecule has 19 heavy (non-hydrogen) atoms. The van der Waals surface area contributed by atoms with Crippen LogP contribution in [-0.2, 0) is 4.79 Å². The van der Waals surface area contributed by atoms with E-state index < -0.39 is 18.0 Å². The van der Waals surface area contributed by atoms with E-state index in [1.165, 1.54) is 0 Å². The molecular weight excluding hydrogens is 248 g/mol. The number of furan rings is 1. The highest BCUT2D eigenvalue weighted by Crippen LogP contribution is 2.20. The summed E-state index contributed by atoms with van der Waals surface area (Å²) in [5.74, 6) is 0.481. The van der Waals surface area contributed by atoms with Crippen LogP contribution < -0.4 is 10.6 Å². The molecule has 0 aliphatic heterocycles. The molecule has 6 nitrogen and oxygen atoms in total. The first kappa shape index (κ1) is 15.1. The molecule has 2 amide bonds. The molecule has 0 fully saturated rings. The number of amides is 2. The van der Waals surface area contributed by atoms with Crippen LogP contribution in [0.2, 0.25) is 0 Å². The topological polar surface area (TPSA) is 91.6 Å². The van der Waals surface area contributed by atoms with Crippen LogP contribution in [-0.4, -0.2) is 23.1 Å². The van der Waals surface area contributed by atoms with Gasteiger partial charge in [-0.25, -0.2) is 9.59 Å². The molecule has 1 unspecified atom stereocenters. The normalized spacial score (nSPS) is 13.7. The van der Waals surface area contributed by atoms with Crippen molar-refractivity contribution < 1.29 is 19.1 Å². The number of carboxylic acids is 1. The fraction of sp³-hybridized carbons (Fsp3) is 0.538. The van der Waals surface area contributed by atoms with Crippen molar-refractivity contribution in [3.05, 3.63) is 23.2 Å². The molecule has 3 N–H and O–H groups in total. The average Bonchev–Trinajstić information content (AvgIpc) is 2.65. The van der Waals surface area contributed by atoms with E-state index in [1.54, 1.807) is 6.92 Å². The van der Waals surface area contributed by atoms with Crippen molar-refractivity contribution in [2.45, 2.75) is 46.2 Å². The van der Waals surface area contributed by atoms with Crippen LogP contribution in [0.4, 0.5) is 4.79 Å². The number of aliphatic carboxylic acids is 1. The summed E-state index contributed by atoms with van der Waals surface area (Å²) in [5, 5.41) is 14.0. The maximum absolute atomic E-state index is 11.7. The van der Waals surface area contributed by atoms with E-state index in [0.29, 0.717) is 6.42 Å². The Morgan fingerprint density at radius 3 is 2.42 bits per heavy atom. The lowest BCUT2D eigenvalue weighted by Gasteiger charge is -2.17. The molecule has 0 saturated carbocycles. The zero-order valence-corrected chi connectivity index (χ0v) is 11.6. The maximum Gasteiger partial charge on any atom is 0.326 e. The summed E-state index contributed by atoms with van der Waals surface area (Å²) in [6, 6.07) is 0.234. The molecule has 0 radical (unpaired) electrons. The van der Waals surface area contributed by atoms with Crippen LogP contribution in [0.3, 0.4) is 0 Å². The Balaban J connectivity index is 2.62. The van der Waals surface area contributed by atoms with E-state index in [9.17, 15) is 9.59 Å². The number of hydrogen-bond acceptors (Lipinski definition) is 3. The zero-order valence-electron chi connectivity index (χ0n) is 11.6. The van der Waals surface area contributed by atoms with Gasteiger partial charge in [0.2, 0.25) is 0 Å². The first-order valence-electron chi connectivity index (χ1n) is 6.21. The number of carboxylic acid groups (broad SMARTS) is 1. The Hall–Kier alpha value is -1.98. The Labute approximate surface area is 112 Å². The van der Waals surface area contributed by atoms with Crippen LogP contribution in [0.5, 0.6) is 0 Å². The Morgan fingerprint density at radius 2 is 2.00 bits per heavy atom. The Kier molecular flexibility index (Phi) is 4.97. The van der Waals surface area contributed by atoms with Crippen molar-refractivity contribution in [1.82, 2.24) is 10.6 Å². The monoisotopic (exact) mass is 268 g/mol. The first-order valence-corrected chi connectivity index (χ1v) is 6.21. The largest absolute Gasteiger partial charge is 0.480 e. The zero-order chi connectivity index (χ0) is 14.6. The minimum Gasteiger partial charge on any atom is -0.480 e. The molecule has 1 aromatic heterocycles. The van der Waals surface area contributed by atoms with Gasteiger partial charge in [-0.15, -0.1) is 0 Å². The van der Waals surface area contributed by atoms with Gasteiger partial charge in [0.05, 0.1) is 6.04 Å². The molecule has 2 atom stereocenters.